The first-order valence-electron chi connectivity index (χ1n) is 9.38. The van der Waals surface area contributed by atoms with Crippen LogP contribution in [0, 0.1) is 11.3 Å². The number of aryl methyl sites for hydroxylation is 1. The third-order valence-electron chi connectivity index (χ3n) is 4.44. The van der Waals surface area contributed by atoms with Gasteiger partial charge in [-0.3, -0.25) is 9.78 Å². The molecular weight excluding hydrogens is 380 g/mol. The number of aromatic amines is 1. The number of hydrogen-bond acceptors (Lipinski definition) is 7. The van der Waals surface area contributed by atoms with Crippen LogP contribution in [0.3, 0.4) is 0 Å². The van der Waals surface area contributed by atoms with E-state index in [1.165, 1.54) is 0 Å². The third kappa shape index (κ3) is 4.44. The average Bonchev–Trinajstić information content (AvgIpc) is 3.40. The van der Waals surface area contributed by atoms with Crippen LogP contribution < -0.4 is 10.1 Å². The molecule has 0 fully saturated rings. The standard InChI is InChI=1S/C21H20N8O/c1-14(7-18-5-6-25-28-18)30-20-8-15(3-4-16(20)9-22)17-10-23-21(24-11-17)27-19-12-26-29(2)13-19/h3-6,8,10-14H,7H2,1-2H3,(H,25,28)(H,23,24,27)/t14-/m0/s1. The average molecular weight is 400 g/mol. The second-order valence-electron chi connectivity index (χ2n) is 6.86. The van der Waals surface area contributed by atoms with Crippen molar-refractivity contribution in [2.45, 2.75) is 19.4 Å². The van der Waals surface area contributed by atoms with Crippen LogP contribution in [0.2, 0.25) is 0 Å². The Hall–Kier alpha value is -4.19. The van der Waals surface area contributed by atoms with Gasteiger partial charge in [-0.1, -0.05) is 6.07 Å². The highest BCUT2D eigenvalue weighted by atomic mass is 16.5. The van der Waals surface area contributed by atoms with Crippen molar-refractivity contribution >= 4 is 11.6 Å². The Kier molecular flexibility index (Phi) is 5.39. The van der Waals surface area contributed by atoms with E-state index in [1.807, 2.05) is 38.4 Å². The van der Waals surface area contributed by atoms with Crippen LogP contribution in [0.15, 0.2) is 55.2 Å². The number of nitrogens with one attached hydrogen (secondary N) is 2. The summed E-state index contributed by atoms with van der Waals surface area (Å²) in [5, 5.41) is 23.5. The van der Waals surface area contributed by atoms with Crippen molar-refractivity contribution in [3.05, 3.63) is 66.5 Å². The Bertz CT molecular complexity index is 1160. The van der Waals surface area contributed by atoms with Gasteiger partial charge in [0.05, 0.1) is 17.4 Å². The Morgan fingerprint density at radius 1 is 1.20 bits per heavy atom. The Balaban J connectivity index is 1.51. The van der Waals surface area contributed by atoms with E-state index in [4.69, 9.17) is 4.74 Å². The van der Waals surface area contributed by atoms with Gasteiger partial charge in [-0.25, -0.2) is 9.97 Å². The van der Waals surface area contributed by atoms with Crippen LogP contribution in [0.25, 0.3) is 11.1 Å². The molecule has 1 atom stereocenters. The Morgan fingerprint density at radius 2 is 2.03 bits per heavy atom. The lowest BCUT2D eigenvalue weighted by atomic mass is 10.1. The topological polar surface area (TPSA) is 117 Å². The molecule has 30 heavy (non-hydrogen) atoms. The smallest absolute Gasteiger partial charge is 0.227 e. The predicted octanol–water partition coefficient (Wildman–Crippen LogP) is 3.23. The van der Waals surface area contributed by atoms with Gasteiger partial charge < -0.3 is 10.1 Å². The summed E-state index contributed by atoms with van der Waals surface area (Å²) in [4.78, 5) is 8.73. The first kappa shape index (κ1) is 19.1. The molecule has 0 radical (unpaired) electrons. The number of rotatable bonds is 7. The normalized spacial score (nSPS) is 11.6. The summed E-state index contributed by atoms with van der Waals surface area (Å²) in [7, 11) is 1.84. The van der Waals surface area contributed by atoms with Gasteiger partial charge in [0.2, 0.25) is 5.95 Å². The lowest BCUT2D eigenvalue weighted by molar-refractivity contribution is 0.220. The Morgan fingerprint density at radius 3 is 2.70 bits per heavy atom. The fraction of sp³-hybridized carbons (Fsp3) is 0.190. The van der Waals surface area contributed by atoms with Crippen molar-refractivity contribution in [1.29, 1.82) is 5.26 Å². The lowest BCUT2D eigenvalue weighted by Crippen LogP contribution is -2.16. The van der Waals surface area contributed by atoms with Crippen molar-refractivity contribution in [3.8, 4) is 22.9 Å². The van der Waals surface area contributed by atoms with E-state index in [0.29, 0.717) is 23.7 Å². The highest BCUT2D eigenvalue weighted by molar-refractivity contribution is 5.66. The first-order chi connectivity index (χ1) is 14.6. The fourth-order valence-electron chi connectivity index (χ4n) is 3.01. The maximum Gasteiger partial charge on any atom is 0.227 e. The number of ether oxygens (including phenoxy) is 1. The van der Waals surface area contributed by atoms with Gasteiger partial charge >= 0.3 is 0 Å². The minimum Gasteiger partial charge on any atom is -0.489 e. The predicted molar refractivity (Wildman–Crippen MR) is 111 cm³/mol. The molecule has 0 aliphatic carbocycles. The van der Waals surface area contributed by atoms with Crippen molar-refractivity contribution in [1.82, 2.24) is 29.9 Å². The van der Waals surface area contributed by atoms with Crippen LogP contribution in [-0.4, -0.2) is 36.0 Å². The monoisotopic (exact) mass is 400 g/mol. The van der Waals surface area contributed by atoms with E-state index in [1.54, 1.807) is 35.5 Å². The van der Waals surface area contributed by atoms with Gasteiger partial charge in [0.15, 0.2) is 0 Å². The van der Waals surface area contributed by atoms with Crippen LogP contribution in [-0.2, 0) is 13.5 Å². The molecule has 0 unspecified atom stereocenters. The summed E-state index contributed by atoms with van der Waals surface area (Å²) in [6.45, 7) is 1.96. The molecule has 9 heteroatoms. The van der Waals surface area contributed by atoms with E-state index < -0.39 is 0 Å². The van der Waals surface area contributed by atoms with E-state index in [0.717, 1.165) is 22.5 Å². The molecule has 150 valence electrons. The molecule has 2 N–H and O–H groups in total. The second kappa shape index (κ2) is 8.45. The minimum absolute atomic E-state index is 0.130. The summed E-state index contributed by atoms with van der Waals surface area (Å²) in [5.74, 6) is 1.00. The third-order valence-corrected chi connectivity index (χ3v) is 4.44. The molecule has 3 heterocycles. The summed E-state index contributed by atoms with van der Waals surface area (Å²) in [6, 6.07) is 9.53. The van der Waals surface area contributed by atoms with Gasteiger partial charge in [-0.05, 0) is 30.7 Å². The van der Waals surface area contributed by atoms with Gasteiger partial charge in [-0.2, -0.15) is 15.5 Å². The number of benzene rings is 1. The number of H-pyrrole nitrogens is 1. The number of hydrogen-bond donors (Lipinski definition) is 2. The molecule has 0 saturated carbocycles. The van der Waals surface area contributed by atoms with Crippen LogP contribution in [0.5, 0.6) is 5.75 Å². The first-order valence-corrected chi connectivity index (χ1v) is 9.38. The molecule has 0 amide bonds. The molecule has 9 nitrogen and oxygen atoms in total. The molecule has 0 spiro atoms. The molecule has 0 saturated heterocycles. The minimum atomic E-state index is -0.130. The molecular formula is C21H20N8O. The quantitative estimate of drug-likeness (QED) is 0.489. The summed E-state index contributed by atoms with van der Waals surface area (Å²) >= 11 is 0. The highest BCUT2D eigenvalue weighted by Gasteiger charge is 2.12. The van der Waals surface area contributed by atoms with Crippen molar-refractivity contribution in [2.24, 2.45) is 7.05 Å². The molecule has 4 rings (SSSR count). The van der Waals surface area contributed by atoms with E-state index in [2.05, 4.69) is 36.7 Å². The SMILES string of the molecule is C[C@@H](Cc1ccn[nH]1)Oc1cc(-c2cnc(Nc3cnn(C)c3)nc2)ccc1C#N. The molecule has 0 aliphatic rings. The summed E-state index contributed by atoms with van der Waals surface area (Å²) < 4.78 is 7.74. The van der Waals surface area contributed by atoms with Crippen molar-refractivity contribution in [2.75, 3.05) is 5.32 Å². The largest absolute Gasteiger partial charge is 0.489 e. The zero-order valence-corrected chi connectivity index (χ0v) is 16.6. The van der Waals surface area contributed by atoms with Crippen LogP contribution in [0.4, 0.5) is 11.6 Å². The maximum atomic E-state index is 9.44. The lowest BCUT2D eigenvalue weighted by Gasteiger charge is -2.16. The van der Waals surface area contributed by atoms with Gasteiger partial charge in [-0.15, -0.1) is 0 Å². The molecule has 3 aromatic heterocycles. The van der Waals surface area contributed by atoms with Crippen molar-refractivity contribution in [3.63, 3.8) is 0 Å². The highest BCUT2D eigenvalue weighted by Crippen LogP contribution is 2.28. The fourth-order valence-corrected chi connectivity index (χ4v) is 3.01. The molecule has 1 aromatic carbocycles. The van der Waals surface area contributed by atoms with E-state index >= 15 is 0 Å². The number of nitrogens with zero attached hydrogens (tertiary/aromatic N) is 6. The summed E-state index contributed by atoms with van der Waals surface area (Å²) in [6.07, 6.45) is 9.23. The van der Waals surface area contributed by atoms with Crippen molar-refractivity contribution < 1.29 is 4.74 Å². The summed E-state index contributed by atoms with van der Waals surface area (Å²) in [5.41, 5.74) is 3.95. The van der Waals surface area contributed by atoms with Gasteiger partial charge in [0.1, 0.15) is 17.9 Å². The van der Waals surface area contributed by atoms with Crippen LogP contribution >= 0.6 is 0 Å². The zero-order valence-electron chi connectivity index (χ0n) is 16.6. The van der Waals surface area contributed by atoms with Crippen LogP contribution in [0.1, 0.15) is 18.2 Å². The van der Waals surface area contributed by atoms with Gasteiger partial charge in [0.25, 0.3) is 0 Å². The van der Waals surface area contributed by atoms with Gasteiger partial charge in [0, 0.05) is 49.5 Å². The zero-order chi connectivity index (χ0) is 20.9. The van der Waals surface area contributed by atoms with E-state index in [-0.39, 0.29) is 6.10 Å². The van der Waals surface area contributed by atoms with E-state index in [9.17, 15) is 5.26 Å². The molecule has 0 aliphatic heterocycles. The number of anilines is 2. The Labute approximate surface area is 173 Å². The maximum absolute atomic E-state index is 9.44. The second-order valence-corrected chi connectivity index (χ2v) is 6.86. The number of aromatic nitrogens is 6. The number of nitriles is 1. The molecule has 4 aromatic rings. The molecule has 0 bridgehead atoms.